The summed E-state index contributed by atoms with van der Waals surface area (Å²) in [6.07, 6.45) is 0.845. The highest BCUT2D eigenvalue weighted by molar-refractivity contribution is 6.34. The molecular formula is C16H15Cl2NO2. The lowest BCUT2D eigenvalue weighted by atomic mass is 10.1. The van der Waals surface area contributed by atoms with Gasteiger partial charge in [-0.3, -0.25) is 4.79 Å². The van der Waals surface area contributed by atoms with Gasteiger partial charge in [0.1, 0.15) is 5.75 Å². The predicted molar refractivity (Wildman–Crippen MR) is 86.4 cm³/mol. The minimum atomic E-state index is -0.244. The highest BCUT2D eigenvalue weighted by Crippen LogP contribution is 2.27. The molecule has 1 N–H and O–H groups in total. The Kier molecular flexibility index (Phi) is 5.48. The fraction of sp³-hybridized carbons (Fsp3) is 0.188. The van der Waals surface area contributed by atoms with E-state index in [0.29, 0.717) is 15.8 Å². The van der Waals surface area contributed by atoms with E-state index < -0.39 is 0 Å². The van der Waals surface area contributed by atoms with Gasteiger partial charge in [-0.05, 0) is 30.2 Å². The number of benzene rings is 2. The Balaban J connectivity index is 1.97. The number of aryl methyl sites for hydroxylation is 1. The second kappa shape index (κ2) is 7.34. The summed E-state index contributed by atoms with van der Waals surface area (Å²) in [6, 6.07) is 12.5. The van der Waals surface area contributed by atoms with Crippen LogP contribution in [0.25, 0.3) is 0 Å². The average molecular weight is 324 g/mol. The maximum Gasteiger partial charge on any atom is 0.262 e. The number of nitrogens with one attached hydrogen (secondary N) is 1. The SMILES string of the molecule is CCc1ccccc1NC(=O)COc1cc(Cl)ccc1Cl. The highest BCUT2D eigenvalue weighted by Gasteiger charge is 2.08. The molecule has 0 fully saturated rings. The van der Waals surface area contributed by atoms with Crippen LogP contribution in [0.15, 0.2) is 42.5 Å². The van der Waals surface area contributed by atoms with E-state index in [9.17, 15) is 4.79 Å². The second-order valence-corrected chi connectivity index (χ2v) is 5.27. The zero-order valence-electron chi connectivity index (χ0n) is 11.5. The van der Waals surface area contributed by atoms with Crippen molar-refractivity contribution < 1.29 is 9.53 Å². The van der Waals surface area contributed by atoms with Crippen molar-refractivity contribution in [3.05, 3.63) is 58.1 Å². The molecule has 0 spiro atoms. The Morgan fingerprint density at radius 2 is 1.95 bits per heavy atom. The molecule has 110 valence electrons. The smallest absolute Gasteiger partial charge is 0.262 e. The van der Waals surface area contributed by atoms with Gasteiger partial charge in [-0.2, -0.15) is 0 Å². The van der Waals surface area contributed by atoms with Gasteiger partial charge in [-0.15, -0.1) is 0 Å². The van der Waals surface area contributed by atoms with E-state index in [1.165, 1.54) is 0 Å². The van der Waals surface area contributed by atoms with E-state index >= 15 is 0 Å². The molecule has 0 unspecified atom stereocenters. The van der Waals surface area contributed by atoms with Crippen LogP contribution < -0.4 is 10.1 Å². The zero-order valence-corrected chi connectivity index (χ0v) is 13.0. The van der Waals surface area contributed by atoms with Gasteiger partial charge in [-0.25, -0.2) is 0 Å². The number of carbonyl (C=O) groups is 1. The topological polar surface area (TPSA) is 38.3 Å². The number of rotatable bonds is 5. The Hall–Kier alpha value is -1.71. The standard InChI is InChI=1S/C16H15Cl2NO2/c1-2-11-5-3-4-6-14(11)19-16(20)10-21-15-9-12(17)7-8-13(15)18/h3-9H,2,10H2,1H3,(H,19,20). The second-order valence-electron chi connectivity index (χ2n) is 4.42. The van der Waals surface area contributed by atoms with Crippen molar-refractivity contribution in [1.29, 1.82) is 0 Å². The Morgan fingerprint density at radius 3 is 2.71 bits per heavy atom. The molecule has 21 heavy (non-hydrogen) atoms. The summed E-state index contributed by atoms with van der Waals surface area (Å²) in [6.45, 7) is 1.91. The number of hydrogen-bond donors (Lipinski definition) is 1. The minimum Gasteiger partial charge on any atom is -0.482 e. The molecule has 5 heteroatoms. The van der Waals surface area contributed by atoms with Crippen molar-refractivity contribution in [3.63, 3.8) is 0 Å². The zero-order chi connectivity index (χ0) is 15.2. The minimum absolute atomic E-state index is 0.127. The summed E-state index contributed by atoms with van der Waals surface area (Å²) in [5, 5.41) is 3.75. The number of amides is 1. The summed E-state index contributed by atoms with van der Waals surface area (Å²) >= 11 is 11.8. The van der Waals surface area contributed by atoms with Gasteiger partial charge in [-0.1, -0.05) is 48.3 Å². The fourth-order valence-electron chi connectivity index (χ4n) is 1.87. The predicted octanol–water partition coefficient (Wildman–Crippen LogP) is 4.57. The lowest BCUT2D eigenvalue weighted by molar-refractivity contribution is -0.118. The van der Waals surface area contributed by atoms with Crippen molar-refractivity contribution in [2.45, 2.75) is 13.3 Å². The summed E-state index contributed by atoms with van der Waals surface area (Å²) in [7, 11) is 0. The lowest BCUT2D eigenvalue weighted by Crippen LogP contribution is -2.21. The monoisotopic (exact) mass is 323 g/mol. The van der Waals surface area contributed by atoms with E-state index in [4.69, 9.17) is 27.9 Å². The van der Waals surface area contributed by atoms with E-state index in [-0.39, 0.29) is 12.5 Å². The van der Waals surface area contributed by atoms with Gasteiger partial charge < -0.3 is 10.1 Å². The first-order valence-electron chi connectivity index (χ1n) is 6.55. The largest absolute Gasteiger partial charge is 0.482 e. The van der Waals surface area contributed by atoms with E-state index in [2.05, 4.69) is 5.32 Å². The molecule has 0 saturated heterocycles. The van der Waals surface area contributed by atoms with Gasteiger partial charge in [0.2, 0.25) is 0 Å². The molecule has 0 heterocycles. The van der Waals surface area contributed by atoms with Crippen LogP contribution in [-0.4, -0.2) is 12.5 Å². The third-order valence-electron chi connectivity index (χ3n) is 2.92. The number of para-hydroxylation sites is 1. The number of ether oxygens (including phenoxy) is 1. The van der Waals surface area contributed by atoms with Gasteiger partial charge >= 0.3 is 0 Å². The Labute approximate surface area is 133 Å². The molecule has 1 amide bonds. The quantitative estimate of drug-likeness (QED) is 0.875. The molecule has 2 aromatic carbocycles. The van der Waals surface area contributed by atoms with E-state index in [1.807, 2.05) is 31.2 Å². The van der Waals surface area contributed by atoms with Crippen molar-refractivity contribution in [2.75, 3.05) is 11.9 Å². The van der Waals surface area contributed by atoms with Crippen LogP contribution in [0.3, 0.4) is 0 Å². The van der Waals surface area contributed by atoms with Crippen LogP contribution in [0, 0.1) is 0 Å². The summed E-state index contributed by atoms with van der Waals surface area (Å²) in [5.74, 6) is 0.148. The van der Waals surface area contributed by atoms with Gasteiger partial charge in [0, 0.05) is 16.8 Å². The van der Waals surface area contributed by atoms with Crippen LogP contribution in [0.2, 0.25) is 10.0 Å². The maximum absolute atomic E-state index is 11.9. The van der Waals surface area contributed by atoms with Crippen molar-refractivity contribution in [1.82, 2.24) is 0 Å². The molecule has 2 aromatic rings. The molecule has 0 bridgehead atoms. The van der Waals surface area contributed by atoms with Crippen LogP contribution in [0.5, 0.6) is 5.75 Å². The van der Waals surface area contributed by atoms with Crippen molar-refractivity contribution >= 4 is 34.8 Å². The summed E-state index contributed by atoms with van der Waals surface area (Å²) < 4.78 is 5.40. The molecule has 0 aromatic heterocycles. The number of carbonyl (C=O) groups excluding carboxylic acids is 1. The first kappa shape index (κ1) is 15.7. The normalized spacial score (nSPS) is 10.2. The fourth-order valence-corrected chi connectivity index (χ4v) is 2.20. The lowest BCUT2D eigenvalue weighted by Gasteiger charge is -2.11. The molecule has 0 aliphatic rings. The van der Waals surface area contributed by atoms with Crippen LogP contribution in [0.1, 0.15) is 12.5 Å². The summed E-state index contributed by atoms with van der Waals surface area (Å²) in [4.78, 5) is 11.9. The molecule has 0 radical (unpaired) electrons. The average Bonchev–Trinajstić information content (AvgIpc) is 2.49. The molecule has 0 aliphatic carbocycles. The third-order valence-corrected chi connectivity index (χ3v) is 3.47. The van der Waals surface area contributed by atoms with E-state index in [0.717, 1.165) is 17.7 Å². The van der Waals surface area contributed by atoms with Crippen LogP contribution >= 0.6 is 23.2 Å². The Bertz CT molecular complexity index is 644. The molecular weight excluding hydrogens is 309 g/mol. The number of hydrogen-bond acceptors (Lipinski definition) is 2. The molecule has 2 rings (SSSR count). The summed E-state index contributed by atoms with van der Waals surface area (Å²) in [5.41, 5.74) is 1.87. The first-order chi connectivity index (χ1) is 10.1. The van der Waals surface area contributed by atoms with Crippen molar-refractivity contribution in [2.24, 2.45) is 0 Å². The Morgan fingerprint density at radius 1 is 1.19 bits per heavy atom. The molecule has 0 saturated carbocycles. The highest BCUT2D eigenvalue weighted by atomic mass is 35.5. The van der Waals surface area contributed by atoms with Crippen LogP contribution in [0.4, 0.5) is 5.69 Å². The molecule has 0 aliphatic heterocycles. The van der Waals surface area contributed by atoms with Gasteiger partial charge in [0.25, 0.3) is 5.91 Å². The van der Waals surface area contributed by atoms with Gasteiger partial charge in [0.05, 0.1) is 5.02 Å². The number of anilines is 1. The van der Waals surface area contributed by atoms with Crippen LogP contribution in [-0.2, 0) is 11.2 Å². The van der Waals surface area contributed by atoms with Crippen molar-refractivity contribution in [3.8, 4) is 5.75 Å². The van der Waals surface area contributed by atoms with Gasteiger partial charge in [0.15, 0.2) is 6.61 Å². The van der Waals surface area contributed by atoms with E-state index in [1.54, 1.807) is 18.2 Å². The molecule has 3 nitrogen and oxygen atoms in total. The maximum atomic E-state index is 11.9. The first-order valence-corrected chi connectivity index (χ1v) is 7.31. The molecule has 0 atom stereocenters. The number of halogens is 2. The third kappa shape index (κ3) is 4.38.